The Bertz CT molecular complexity index is 473. The highest BCUT2D eigenvalue weighted by molar-refractivity contribution is 7.19. The molecule has 0 saturated heterocycles. The van der Waals surface area contributed by atoms with Crippen LogP contribution in [0.1, 0.15) is 30.3 Å². The fourth-order valence-corrected chi connectivity index (χ4v) is 2.89. The zero-order chi connectivity index (χ0) is 10.3. The first-order valence-corrected chi connectivity index (χ1v) is 5.84. The molecule has 1 nitrogen and oxygen atoms in total. The molecule has 2 rings (SSSR count). The van der Waals surface area contributed by atoms with Crippen LogP contribution in [-0.4, -0.2) is 4.98 Å². The molecule has 0 aliphatic heterocycles. The van der Waals surface area contributed by atoms with E-state index >= 15 is 0 Å². The van der Waals surface area contributed by atoms with Gasteiger partial charge in [0.1, 0.15) is 0 Å². The Hall–Kier alpha value is -0.600. The van der Waals surface area contributed by atoms with Gasteiger partial charge >= 0.3 is 0 Å². The average Bonchev–Trinajstić information content (AvgIpc) is 2.46. The summed E-state index contributed by atoms with van der Waals surface area (Å²) in [6.07, 6.45) is 0. The van der Waals surface area contributed by atoms with E-state index in [-0.39, 0.29) is 0 Å². The van der Waals surface area contributed by atoms with Crippen LogP contribution in [0.15, 0.2) is 12.1 Å². The van der Waals surface area contributed by atoms with Crippen LogP contribution in [-0.2, 0) is 0 Å². The fourth-order valence-electron chi connectivity index (χ4n) is 1.53. The number of hydrogen-bond acceptors (Lipinski definition) is 2. The van der Waals surface area contributed by atoms with E-state index in [0.29, 0.717) is 5.92 Å². The lowest BCUT2D eigenvalue weighted by atomic mass is 10.0. The predicted molar refractivity (Wildman–Crippen MR) is 63.5 cm³/mol. The van der Waals surface area contributed by atoms with Gasteiger partial charge in [-0.05, 0) is 24.5 Å². The van der Waals surface area contributed by atoms with Gasteiger partial charge in [0.05, 0.1) is 20.2 Å². The van der Waals surface area contributed by atoms with Gasteiger partial charge < -0.3 is 0 Å². The van der Waals surface area contributed by atoms with Gasteiger partial charge in [-0.2, -0.15) is 0 Å². The van der Waals surface area contributed by atoms with Crippen LogP contribution in [0.5, 0.6) is 0 Å². The quantitative estimate of drug-likeness (QED) is 0.702. The van der Waals surface area contributed by atoms with Crippen LogP contribution in [0.2, 0.25) is 5.02 Å². The Labute approximate surface area is 92.7 Å². The summed E-state index contributed by atoms with van der Waals surface area (Å²) in [6.45, 7) is 6.32. The smallest absolute Gasteiger partial charge is 0.0908 e. The van der Waals surface area contributed by atoms with Crippen molar-refractivity contribution >= 4 is 33.2 Å². The molecule has 2 aromatic rings. The summed E-state index contributed by atoms with van der Waals surface area (Å²) in [6, 6.07) is 4.13. The van der Waals surface area contributed by atoms with E-state index in [2.05, 4.69) is 31.0 Å². The van der Waals surface area contributed by atoms with Crippen molar-refractivity contribution in [3.8, 4) is 0 Å². The fraction of sp³-hybridized carbons (Fsp3) is 0.364. The molecular formula is C11H12ClNS. The Morgan fingerprint density at radius 2 is 2.07 bits per heavy atom. The minimum atomic E-state index is 0.467. The molecule has 0 amide bonds. The van der Waals surface area contributed by atoms with Gasteiger partial charge in [-0.15, -0.1) is 11.3 Å². The molecule has 14 heavy (non-hydrogen) atoms. The van der Waals surface area contributed by atoms with Crippen LogP contribution in [0.4, 0.5) is 0 Å². The van der Waals surface area contributed by atoms with Gasteiger partial charge in [0, 0.05) is 0 Å². The van der Waals surface area contributed by atoms with Crippen LogP contribution in [0.3, 0.4) is 0 Å². The second-order valence-electron chi connectivity index (χ2n) is 3.70. The standard InChI is InChI=1S/C11H12ClNS/c1-6(2)8-4-5-9-11(10(8)12)14-7(3)13-9/h4-6H,1-3H3. The van der Waals surface area contributed by atoms with Crippen LogP contribution in [0, 0.1) is 6.92 Å². The first kappa shape index (κ1) is 9.94. The topological polar surface area (TPSA) is 12.9 Å². The number of thiazole rings is 1. The first-order chi connectivity index (χ1) is 6.59. The van der Waals surface area contributed by atoms with Crippen LogP contribution >= 0.6 is 22.9 Å². The molecule has 1 aromatic carbocycles. The predicted octanol–water partition coefficient (Wildman–Crippen LogP) is 4.38. The highest BCUT2D eigenvalue weighted by atomic mass is 35.5. The molecule has 0 atom stereocenters. The molecular weight excluding hydrogens is 214 g/mol. The molecule has 0 aliphatic rings. The number of hydrogen-bond donors (Lipinski definition) is 0. The van der Waals surface area contributed by atoms with Crippen molar-refractivity contribution in [1.29, 1.82) is 0 Å². The zero-order valence-electron chi connectivity index (χ0n) is 8.47. The number of aryl methyl sites for hydroxylation is 1. The summed E-state index contributed by atoms with van der Waals surface area (Å²) in [5, 5.41) is 1.95. The number of halogens is 1. The molecule has 0 radical (unpaired) electrons. The number of benzene rings is 1. The van der Waals surface area contributed by atoms with Crippen molar-refractivity contribution in [2.24, 2.45) is 0 Å². The Kier molecular flexibility index (Phi) is 2.50. The molecule has 1 heterocycles. The second-order valence-corrected chi connectivity index (χ2v) is 5.29. The summed E-state index contributed by atoms with van der Waals surface area (Å²) in [5.74, 6) is 0.467. The van der Waals surface area contributed by atoms with Crippen molar-refractivity contribution in [3.05, 3.63) is 27.7 Å². The van der Waals surface area contributed by atoms with Gasteiger partial charge in [0.15, 0.2) is 0 Å². The highest BCUT2D eigenvalue weighted by Crippen LogP contribution is 2.34. The molecule has 74 valence electrons. The third-order valence-electron chi connectivity index (χ3n) is 2.26. The zero-order valence-corrected chi connectivity index (χ0v) is 10.0. The molecule has 0 N–H and O–H groups in total. The molecule has 1 aromatic heterocycles. The van der Waals surface area contributed by atoms with E-state index in [0.717, 1.165) is 20.2 Å². The molecule has 0 bridgehead atoms. The van der Waals surface area contributed by atoms with E-state index in [1.165, 1.54) is 5.56 Å². The van der Waals surface area contributed by atoms with Crippen molar-refractivity contribution in [2.75, 3.05) is 0 Å². The summed E-state index contributed by atoms with van der Waals surface area (Å²) in [7, 11) is 0. The average molecular weight is 226 g/mol. The molecule has 0 spiro atoms. The lowest BCUT2D eigenvalue weighted by molar-refractivity contribution is 0.869. The van der Waals surface area contributed by atoms with E-state index < -0.39 is 0 Å². The molecule has 0 fully saturated rings. The van der Waals surface area contributed by atoms with E-state index in [4.69, 9.17) is 11.6 Å². The minimum absolute atomic E-state index is 0.467. The maximum atomic E-state index is 6.32. The molecule has 0 saturated carbocycles. The van der Waals surface area contributed by atoms with Crippen LogP contribution < -0.4 is 0 Å². The highest BCUT2D eigenvalue weighted by Gasteiger charge is 2.11. The van der Waals surface area contributed by atoms with Gasteiger partial charge in [-0.25, -0.2) is 4.98 Å². The van der Waals surface area contributed by atoms with Crippen molar-refractivity contribution < 1.29 is 0 Å². The monoisotopic (exact) mass is 225 g/mol. The molecule has 0 aliphatic carbocycles. The third-order valence-corrected chi connectivity index (χ3v) is 3.78. The van der Waals surface area contributed by atoms with Crippen molar-refractivity contribution in [1.82, 2.24) is 4.98 Å². The third kappa shape index (κ3) is 1.53. The van der Waals surface area contributed by atoms with Gasteiger partial charge in [0.2, 0.25) is 0 Å². The SMILES string of the molecule is Cc1nc2ccc(C(C)C)c(Cl)c2s1. The number of rotatable bonds is 1. The normalized spacial score (nSPS) is 11.5. The van der Waals surface area contributed by atoms with Gasteiger partial charge in [-0.3, -0.25) is 0 Å². The second kappa shape index (κ2) is 3.52. The largest absolute Gasteiger partial charge is 0.241 e. The maximum Gasteiger partial charge on any atom is 0.0908 e. The lowest BCUT2D eigenvalue weighted by Crippen LogP contribution is -1.88. The van der Waals surface area contributed by atoms with E-state index in [1.54, 1.807) is 11.3 Å². The van der Waals surface area contributed by atoms with Crippen molar-refractivity contribution in [2.45, 2.75) is 26.7 Å². The van der Waals surface area contributed by atoms with Crippen molar-refractivity contribution in [3.63, 3.8) is 0 Å². The minimum Gasteiger partial charge on any atom is -0.241 e. The summed E-state index contributed by atoms with van der Waals surface area (Å²) in [5.41, 5.74) is 2.23. The van der Waals surface area contributed by atoms with Gasteiger partial charge in [-0.1, -0.05) is 31.5 Å². The van der Waals surface area contributed by atoms with Gasteiger partial charge in [0.25, 0.3) is 0 Å². The lowest BCUT2D eigenvalue weighted by Gasteiger charge is -2.07. The van der Waals surface area contributed by atoms with Crippen LogP contribution in [0.25, 0.3) is 10.2 Å². The Morgan fingerprint density at radius 3 is 2.71 bits per heavy atom. The molecule has 3 heteroatoms. The Balaban J connectivity index is 2.74. The summed E-state index contributed by atoms with van der Waals surface area (Å²) >= 11 is 7.99. The molecule has 0 unspecified atom stereocenters. The Morgan fingerprint density at radius 1 is 1.36 bits per heavy atom. The number of fused-ring (bicyclic) bond motifs is 1. The maximum absolute atomic E-state index is 6.32. The number of nitrogens with zero attached hydrogens (tertiary/aromatic N) is 1. The number of aromatic nitrogens is 1. The van der Waals surface area contributed by atoms with E-state index in [1.807, 2.05) is 6.92 Å². The first-order valence-electron chi connectivity index (χ1n) is 4.65. The van der Waals surface area contributed by atoms with E-state index in [9.17, 15) is 0 Å². The summed E-state index contributed by atoms with van der Waals surface area (Å²) < 4.78 is 1.12. The summed E-state index contributed by atoms with van der Waals surface area (Å²) in [4.78, 5) is 4.41.